The van der Waals surface area contributed by atoms with E-state index in [-0.39, 0.29) is 42.4 Å². The van der Waals surface area contributed by atoms with Gasteiger partial charge in [0.15, 0.2) is 29.8 Å². The first-order valence-electron chi connectivity index (χ1n) is 19.8. The van der Waals surface area contributed by atoms with Gasteiger partial charge in [-0.25, -0.2) is 4.98 Å². The molecule has 15 nitrogen and oxygen atoms in total. The highest BCUT2D eigenvalue weighted by Gasteiger charge is 2.52. The molecule has 62 heavy (non-hydrogen) atoms. The number of esters is 4. The van der Waals surface area contributed by atoms with Crippen molar-refractivity contribution in [2.45, 2.75) is 109 Å². The fourth-order valence-electron chi connectivity index (χ4n) is 7.56. The quantitative estimate of drug-likeness (QED) is 0.0775. The van der Waals surface area contributed by atoms with Gasteiger partial charge in [0.25, 0.3) is 0 Å². The topological polar surface area (TPSA) is 183 Å². The van der Waals surface area contributed by atoms with Gasteiger partial charge in [0.2, 0.25) is 0 Å². The molecule has 4 aromatic rings. The number of benzene rings is 3. The number of aliphatic hydroxyl groups excluding tert-OH is 1. The summed E-state index contributed by atoms with van der Waals surface area (Å²) in [6.07, 6.45) is -6.03. The summed E-state index contributed by atoms with van der Waals surface area (Å²) in [4.78, 5) is 52.8. The van der Waals surface area contributed by atoms with Crippen LogP contribution in [0.25, 0.3) is 0 Å². The standard InChI is InChI=1S/C44H47Cl2N3O12S/c1-24(51)55-22-35-40(57-26(3)53)41(58-27(4)54)39(56-25(2)52)33(59-35)18-36(62)47-19-28-10-16-32(17-11-28)44-60-34(20-49-23-48-42(45)43(49)46)37(30-8-6-5-7-9-30)38(61-44)31-14-12-29(21-50)13-15-31/h5-17,23,33-35,37-41,44,50H,18-22H2,1-4H3,(H,47,62)/t33-,34+,35+,37+,38-,39-,40+,41+,44?/m0/s1. The van der Waals surface area contributed by atoms with E-state index in [2.05, 4.69) is 10.3 Å². The fraction of sp³-hybridized carbons (Fsp3) is 0.409. The Morgan fingerprint density at radius 1 is 0.726 bits per heavy atom. The minimum Gasteiger partial charge on any atom is -0.463 e. The molecule has 3 heterocycles. The number of hydrogen-bond donors (Lipinski definition) is 2. The molecule has 2 fully saturated rings. The highest BCUT2D eigenvalue weighted by molar-refractivity contribution is 7.80. The highest BCUT2D eigenvalue weighted by Crippen LogP contribution is 2.47. The number of carbonyl (C=O) groups is 4. The predicted molar refractivity (Wildman–Crippen MR) is 228 cm³/mol. The van der Waals surface area contributed by atoms with Crippen LogP contribution in [0.5, 0.6) is 0 Å². The van der Waals surface area contributed by atoms with Gasteiger partial charge in [-0.1, -0.05) is 114 Å². The number of hydrogen-bond acceptors (Lipinski definition) is 14. The first kappa shape index (κ1) is 46.6. The fourth-order valence-corrected chi connectivity index (χ4v) is 8.11. The minimum atomic E-state index is -1.30. The van der Waals surface area contributed by atoms with E-state index < -0.39 is 72.9 Å². The van der Waals surface area contributed by atoms with Gasteiger partial charge in [0, 0.05) is 52.1 Å². The van der Waals surface area contributed by atoms with E-state index in [9.17, 15) is 24.3 Å². The number of rotatable bonds is 15. The predicted octanol–water partition coefficient (Wildman–Crippen LogP) is 6.25. The Balaban J connectivity index is 1.20. The second-order valence-corrected chi connectivity index (χ2v) is 16.0. The lowest BCUT2D eigenvalue weighted by atomic mass is 9.83. The molecule has 0 amide bonds. The van der Waals surface area contributed by atoms with Gasteiger partial charge in [-0.3, -0.25) is 19.2 Å². The Bertz CT molecular complexity index is 2190. The number of aromatic nitrogens is 2. The van der Waals surface area contributed by atoms with Crippen molar-refractivity contribution in [3.63, 3.8) is 0 Å². The van der Waals surface area contributed by atoms with Crippen LogP contribution in [0.3, 0.4) is 0 Å². The van der Waals surface area contributed by atoms with Crippen LogP contribution in [0, 0.1) is 0 Å². The van der Waals surface area contributed by atoms with E-state index in [0.717, 1.165) is 41.7 Å². The van der Waals surface area contributed by atoms with E-state index in [0.29, 0.717) is 11.5 Å². The first-order valence-corrected chi connectivity index (χ1v) is 20.9. The molecule has 0 aliphatic carbocycles. The molecule has 2 aliphatic heterocycles. The molecule has 2 N–H and O–H groups in total. The minimum absolute atomic E-state index is 0.00691. The third-order valence-corrected chi connectivity index (χ3v) is 11.4. The van der Waals surface area contributed by atoms with Gasteiger partial charge in [0.1, 0.15) is 24.0 Å². The van der Waals surface area contributed by atoms with Crippen molar-refractivity contribution < 1.29 is 57.4 Å². The van der Waals surface area contributed by atoms with Crippen molar-refractivity contribution in [1.29, 1.82) is 0 Å². The normalized spacial score (nSPS) is 24.7. The molecular formula is C44H47Cl2N3O12S. The Morgan fingerprint density at radius 2 is 1.32 bits per heavy atom. The van der Waals surface area contributed by atoms with Crippen molar-refractivity contribution in [3.8, 4) is 0 Å². The molecule has 3 aromatic carbocycles. The van der Waals surface area contributed by atoms with Crippen molar-refractivity contribution >= 4 is 64.3 Å². The van der Waals surface area contributed by atoms with Crippen LogP contribution in [-0.4, -0.2) is 86.8 Å². The zero-order valence-corrected chi connectivity index (χ0v) is 36.6. The average Bonchev–Trinajstić information content (AvgIpc) is 3.56. The van der Waals surface area contributed by atoms with E-state index in [1.54, 1.807) is 10.9 Å². The van der Waals surface area contributed by atoms with Gasteiger partial charge in [-0.05, 0) is 22.3 Å². The molecule has 18 heteroatoms. The van der Waals surface area contributed by atoms with E-state index in [1.807, 2.05) is 78.9 Å². The number of ether oxygens (including phenoxy) is 7. The molecule has 1 aromatic heterocycles. The molecule has 0 bridgehead atoms. The van der Waals surface area contributed by atoms with Crippen molar-refractivity contribution in [2.24, 2.45) is 0 Å². The number of carbonyl (C=O) groups excluding carboxylic acids is 4. The van der Waals surface area contributed by atoms with Gasteiger partial charge < -0.3 is 48.1 Å². The van der Waals surface area contributed by atoms with Crippen LogP contribution < -0.4 is 5.32 Å². The molecule has 2 aliphatic rings. The van der Waals surface area contributed by atoms with Crippen LogP contribution in [0.1, 0.15) is 80.2 Å². The van der Waals surface area contributed by atoms with Crippen LogP contribution in [0.4, 0.5) is 0 Å². The number of nitrogens with zero attached hydrogens (tertiary/aromatic N) is 2. The number of nitrogens with one attached hydrogen (secondary N) is 1. The summed E-state index contributed by atoms with van der Waals surface area (Å²) in [7, 11) is 0. The molecule has 1 unspecified atom stereocenters. The Labute approximate surface area is 373 Å². The SMILES string of the molecule is CC(=O)OC[C@H]1O[C@@H](CC(=S)NCc2ccc(C3O[C@H](Cn4cnc(Cl)c4Cl)[C@@H](c4ccccc4)[C@H](c4ccc(CO)cc4)O3)cc2)[C@H](OC(C)=O)[C@@H](OC(C)=O)[C@@H]1OC(C)=O. The molecule has 0 radical (unpaired) electrons. The largest absolute Gasteiger partial charge is 0.463 e. The van der Waals surface area contributed by atoms with Gasteiger partial charge >= 0.3 is 23.9 Å². The average molecular weight is 913 g/mol. The van der Waals surface area contributed by atoms with Gasteiger partial charge in [0.05, 0.1) is 36.7 Å². The Kier molecular flexibility index (Phi) is 16.1. The maximum atomic E-state index is 12.3. The Hall–Kier alpha value is -4.94. The summed E-state index contributed by atoms with van der Waals surface area (Å²) in [5.41, 5.74) is 4.26. The summed E-state index contributed by atoms with van der Waals surface area (Å²) in [5.74, 6) is -3.04. The van der Waals surface area contributed by atoms with Crippen LogP contribution in [0.2, 0.25) is 10.3 Å². The molecular weight excluding hydrogens is 865 g/mol. The van der Waals surface area contributed by atoms with E-state index in [4.69, 9.17) is 68.6 Å². The Morgan fingerprint density at radius 3 is 1.90 bits per heavy atom. The third-order valence-electron chi connectivity index (χ3n) is 10.3. The summed E-state index contributed by atoms with van der Waals surface area (Å²) < 4.78 is 43.3. The lowest BCUT2D eigenvalue weighted by Crippen LogP contribution is -2.62. The van der Waals surface area contributed by atoms with E-state index >= 15 is 0 Å². The summed E-state index contributed by atoms with van der Waals surface area (Å²) in [6, 6.07) is 25.2. The molecule has 2 saturated heterocycles. The summed E-state index contributed by atoms with van der Waals surface area (Å²) >= 11 is 18.5. The van der Waals surface area contributed by atoms with Crippen molar-refractivity contribution in [1.82, 2.24) is 14.9 Å². The van der Waals surface area contributed by atoms with Crippen molar-refractivity contribution in [2.75, 3.05) is 6.61 Å². The van der Waals surface area contributed by atoms with Crippen LogP contribution in [0.15, 0.2) is 85.2 Å². The monoisotopic (exact) mass is 911 g/mol. The zero-order valence-electron chi connectivity index (χ0n) is 34.3. The maximum absolute atomic E-state index is 12.3. The molecule has 330 valence electrons. The van der Waals surface area contributed by atoms with Crippen LogP contribution >= 0.6 is 35.4 Å². The third kappa shape index (κ3) is 11.9. The molecule has 0 spiro atoms. The smallest absolute Gasteiger partial charge is 0.303 e. The van der Waals surface area contributed by atoms with E-state index in [1.165, 1.54) is 13.8 Å². The summed E-state index contributed by atoms with van der Waals surface area (Å²) in [6.45, 7) is 4.88. The second kappa shape index (κ2) is 21.4. The molecule has 6 rings (SSSR count). The number of aliphatic hydroxyl groups is 1. The van der Waals surface area contributed by atoms with Gasteiger partial charge in [-0.2, -0.15) is 0 Å². The highest BCUT2D eigenvalue weighted by atomic mass is 35.5. The zero-order chi connectivity index (χ0) is 44.5. The first-order chi connectivity index (χ1) is 29.7. The number of halogens is 2. The van der Waals surface area contributed by atoms with Gasteiger partial charge in [-0.15, -0.1) is 0 Å². The lowest BCUT2D eigenvalue weighted by Gasteiger charge is -2.44. The maximum Gasteiger partial charge on any atom is 0.303 e. The molecule has 9 atom stereocenters. The lowest BCUT2D eigenvalue weighted by molar-refractivity contribution is -0.263. The molecule has 0 saturated carbocycles. The second-order valence-electron chi connectivity index (χ2n) is 14.8. The number of thiocarbonyl (C=S) groups is 1. The number of imidazole rings is 1. The summed E-state index contributed by atoms with van der Waals surface area (Å²) in [5, 5.41) is 13.4. The van der Waals surface area contributed by atoms with Crippen molar-refractivity contribution in [3.05, 3.63) is 123 Å². The van der Waals surface area contributed by atoms with Crippen LogP contribution in [-0.2, 0) is 72.0 Å².